The molecular weight excluding hydrogens is 92.1 g/mol. The Morgan fingerprint density at radius 3 is 3.00 bits per heavy atom. The summed E-state index contributed by atoms with van der Waals surface area (Å²) in [6.45, 7) is 1.27. The van der Waals surface area contributed by atoms with E-state index in [9.17, 15) is 4.79 Å². The monoisotopic (exact) mass is 100 g/mol. The van der Waals surface area contributed by atoms with Crippen molar-refractivity contribution >= 4 is 6.08 Å². The highest BCUT2D eigenvalue weighted by molar-refractivity contribution is 5.32. The second-order valence-electron chi connectivity index (χ2n) is 1.08. The maximum absolute atomic E-state index is 9.36. The highest BCUT2D eigenvalue weighted by Crippen LogP contribution is 1.57. The van der Waals surface area contributed by atoms with Gasteiger partial charge in [-0.2, -0.15) is 0 Å². The van der Waals surface area contributed by atoms with Gasteiger partial charge in [-0.25, -0.2) is 9.79 Å². The molecule has 0 amide bonds. The van der Waals surface area contributed by atoms with E-state index in [0.717, 1.165) is 6.54 Å². The van der Waals surface area contributed by atoms with Crippen molar-refractivity contribution in [1.29, 1.82) is 0 Å². The van der Waals surface area contributed by atoms with Gasteiger partial charge in [0.15, 0.2) is 0 Å². The van der Waals surface area contributed by atoms with Crippen LogP contribution >= 0.6 is 0 Å². The Balaban J connectivity index is 2.83. The van der Waals surface area contributed by atoms with Crippen molar-refractivity contribution in [3.05, 3.63) is 0 Å². The summed E-state index contributed by atoms with van der Waals surface area (Å²) in [6, 6.07) is 0. The maximum atomic E-state index is 9.36. The molecular formula is C4H8N2O. The molecule has 0 aliphatic carbocycles. The summed E-state index contributed by atoms with van der Waals surface area (Å²) >= 11 is 0. The Morgan fingerprint density at radius 2 is 2.57 bits per heavy atom. The van der Waals surface area contributed by atoms with Gasteiger partial charge in [0, 0.05) is 6.54 Å². The second-order valence-corrected chi connectivity index (χ2v) is 1.08. The summed E-state index contributed by atoms with van der Waals surface area (Å²) in [5, 5.41) is 2.83. The van der Waals surface area contributed by atoms with Crippen LogP contribution in [0.25, 0.3) is 0 Å². The van der Waals surface area contributed by atoms with Crippen LogP contribution in [0.4, 0.5) is 0 Å². The smallest absolute Gasteiger partial charge is 0.234 e. The molecule has 0 heterocycles. The van der Waals surface area contributed by atoms with Crippen LogP contribution in [0.1, 0.15) is 0 Å². The summed E-state index contributed by atoms with van der Waals surface area (Å²) in [5.74, 6) is 0. The Hall–Kier alpha value is -0.660. The molecule has 0 radical (unpaired) electrons. The van der Waals surface area contributed by atoms with Gasteiger partial charge in [0.25, 0.3) is 0 Å². The molecule has 40 valence electrons. The van der Waals surface area contributed by atoms with Crippen LogP contribution in [-0.4, -0.2) is 26.2 Å². The van der Waals surface area contributed by atoms with Crippen LogP contribution < -0.4 is 5.32 Å². The number of hydrogen-bond donors (Lipinski definition) is 1. The first-order valence-electron chi connectivity index (χ1n) is 2.10. The molecule has 0 aromatic carbocycles. The van der Waals surface area contributed by atoms with E-state index < -0.39 is 0 Å². The van der Waals surface area contributed by atoms with E-state index in [1.165, 1.54) is 6.08 Å². The zero-order valence-corrected chi connectivity index (χ0v) is 4.27. The standard InChI is InChI=1S/C4H8N2O/c1-5-2-3-6-4-7/h5H,2-3H2,1H3. The second kappa shape index (κ2) is 5.34. The van der Waals surface area contributed by atoms with Crippen LogP contribution in [-0.2, 0) is 4.79 Å². The van der Waals surface area contributed by atoms with E-state index in [1.807, 2.05) is 0 Å². The number of nitrogens with zero attached hydrogens (tertiary/aromatic N) is 1. The fraction of sp³-hybridized carbons (Fsp3) is 0.750. The summed E-state index contributed by atoms with van der Waals surface area (Å²) in [6.07, 6.45) is 1.44. The van der Waals surface area contributed by atoms with Crippen LogP contribution in [0.3, 0.4) is 0 Å². The van der Waals surface area contributed by atoms with Crippen LogP contribution in [0.5, 0.6) is 0 Å². The molecule has 0 spiro atoms. The third-order valence-electron chi connectivity index (χ3n) is 0.538. The number of aliphatic imine (C=N–C) groups is 1. The zero-order chi connectivity index (χ0) is 5.54. The predicted octanol–water partition coefficient (Wildman–Crippen LogP) is -0.458. The molecule has 7 heavy (non-hydrogen) atoms. The molecule has 0 fully saturated rings. The van der Waals surface area contributed by atoms with Crippen molar-refractivity contribution in [1.82, 2.24) is 5.32 Å². The molecule has 0 bridgehead atoms. The van der Waals surface area contributed by atoms with Crippen molar-refractivity contribution < 1.29 is 4.79 Å². The Kier molecular flexibility index (Phi) is 4.84. The third-order valence-corrected chi connectivity index (χ3v) is 0.538. The molecule has 1 N–H and O–H groups in total. The normalized spacial score (nSPS) is 7.57. The van der Waals surface area contributed by atoms with Gasteiger partial charge in [-0.3, -0.25) is 0 Å². The highest BCUT2D eigenvalue weighted by atomic mass is 16.1. The number of carbonyl (C=O) groups excluding carboxylic acids is 1. The van der Waals surface area contributed by atoms with E-state index >= 15 is 0 Å². The topological polar surface area (TPSA) is 41.5 Å². The lowest BCUT2D eigenvalue weighted by atomic mass is 10.7. The molecule has 0 unspecified atom stereocenters. The Morgan fingerprint density at radius 1 is 1.86 bits per heavy atom. The van der Waals surface area contributed by atoms with Crippen molar-refractivity contribution in [3.8, 4) is 0 Å². The quantitative estimate of drug-likeness (QED) is 0.296. The SMILES string of the molecule is CNCCN=C=O. The van der Waals surface area contributed by atoms with Crippen molar-refractivity contribution in [2.24, 2.45) is 4.99 Å². The van der Waals surface area contributed by atoms with Crippen LogP contribution in [0, 0.1) is 0 Å². The number of isocyanates is 1. The largest absolute Gasteiger partial charge is 0.318 e. The van der Waals surface area contributed by atoms with Gasteiger partial charge in [0.05, 0.1) is 6.54 Å². The van der Waals surface area contributed by atoms with Crippen LogP contribution in [0.2, 0.25) is 0 Å². The molecule has 0 saturated heterocycles. The molecule has 0 aromatic rings. The summed E-state index contributed by atoms with van der Waals surface area (Å²) in [7, 11) is 1.81. The average molecular weight is 100 g/mol. The lowest BCUT2D eigenvalue weighted by Gasteiger charge is -1.85. The molecule has 3 heteroatoms. The fourth-order valence-electron chi connectivity index (χ4n) is 0.213. The lowest BCUT2D eigenvalue weighted by molar-refractivity contribution is 0.562. The average Bonchev–Trinajstić information content (AvgIpc) is 1.69. The zero-order valence-electron chi connectivity index (χ0n) is 4.27. The molecule has 0 aromatic heterocycles. The minimum absolute atomic E-state index is 0.528. The highest BCUT2D eigenvalue weighted by Gasteiger charge is 1.72. The van der Waals surface area contributed by atoms with E-state index in [2.05, 4.69) is 10.3 Å². The van der Waals surface area contributed by atoms with Gasteiger partial charge in [-0.05, 0) is 7.05 Å². The van der Waals surface area contributed by atoms with Gasteiger partial charge < -0.3 is 5.32 Å². The maximum Gasteiger partial charge on any atom is 0.234 e. The summed E-state index contributed by atoms with van der Waals surface area (Å²) in [5.41, 5.74) is 0. The predicted molar refractivity (Wildman–Crippen MR) is 26.9 cm³/mol. The fourth-order valence-corrected chi connectivity index (χ4v) is 0.213. The first-order valence-corrected chi connectivity index (χ1v) is 2.10. The molecule has 0 rings (SSSR count). The molecule has 0 aliphatic rings. The molecule has 3 nitrogen and oxygen atoms in total. The van der Waals surface area contributed by atoms with Gasteiger partial charge in [-0.1, -0.05) is 0 Å². The van der Waals surface area contributed by atoms with Gasteiger partial charge in [-0.15, -0.1) is 0 Å². The summed E-state index contributed by atoms with van der Waals surface area (Å²) in [4.78, 5) is 12.7. The number of rotatable bonds is 3. The Labute approximate surface area is 42.4 Å². The number of hydrogen-bond acceptors (Lipinski definition) is 3. The molecule has 0 saturated carbocycles. The Bertz CT molecular complexity index is 75.8. The van der Waals surface area contributed by atoms with Gasteiger partial charge in [0.2, 0.25) is 6.08 Å². The van der Waals surface area contributed by atoms with E-state index in [1.54, 1.807) is 7.05 Å². The lowest BCUT2D eigenvalue weighted by Crippen LogP contribution is -2.09. The number of likely N-dealkylation sites (N-methyl/N-ethyl adjacent to an activating group) is 1. The molecule has 0 aliphatic heterocycles. The van der Waals surface area contributed by atoms with E-state index in [-0.39, 0.29) is 0 Å². The number of nitrogens with one attached hydrogen (secondary N) is 1. The van der Waals surface area contributed by atoms with E-state index in [0.29, 0.717) is 6.54 Å². The first-order chi connectivity index (χ1) is 3.41. The minimum Gasteiger partial charge on any atom is -0.318 e. The van der Waals surface area contributed by atoms with Gasteiger partial charge in [0.1, 0.15) is 0 Å². The first kappa shape index (κ1) is 6.34. The van der Waals surface area contributed by atoms with Crippen molar-refractivity contribution in [3.63, 3.8) is 0 Å². The van der Waals surface area contributed by atoms with Gasteiger partial charge >= 0.3 is 0 Å². The van der Waals surface area contributed by atoms with Crippen LogP contribution in [0.15, 0.2) is 4.99 Å². The molecule has 0 atom stereocenters. The van der Waals surface area contributed by atoms with E-state index in [4.69, 9.17) is 0 Å². The minimum atomic E-state index is 0.528. The third kappa shape index (κ3) is 5.34. The van der Waals surface area contributed by atoms with Crippen molar-refractivity contribution in [2.75, 3.05) is 20.1 Å². The summed E-state index contributed by atoms with van der Waals surface area (Å²) < 4.78 is 0. The van der Waals surface area contributed by atoms with Crippen molar-refractivity contribution in [2.45, 2.75) is 0 Å².